The van der Waals surface area contributed by atoms with E-state index in [4.69, 9.17) is 14.2 Å². The lowest BCUT2D eigenvalue weighted by Gasteiger charge is -2.28. The van der Waals surface area contributed by atoms with Crippen LogP contribution in [0.2, 0.25) is 0 Å². The number of nitrogens with one attached hydrogen (secondary N) is 2. The largest absolute Gasteiger partial charge is 0.493 e. The van der Waals surface area contributed by atoms with Gasteiger partial charge in [0.25, 0.3) is 0 Å². The summed E-state index contributed by atoms with van der Waals surface area (Å²) < 4.78 is 15.4. The van der Waals surface area contributed by atoms with Crippen molar-refractivity contribution < 1.29 is 28.7 Å². The lowest BCUT2D eigenvalue weighted by atomic mass is 9.94. The van der Waals surface area contributed by atoms with E-state index in [9.17, 15) is 19.7 Å². The van der Waals surface area contributed by atoms with E-state index < -0.39 is 23.0 Å². The summed E-state index contributed by atoms with van der Waals surface area (Å²) in [5.41, 5.74) is 0.405. The van der Waals surface area contributed by atoms with E-state index in [0.717, 1.165) is 0 Å². The molecular weight excluding hydrogens is 358 g/mol. The normalized spacial score (nSPS) is 16.3. The molecule has 27 heavy (non-hydrogen) atoms. The van der Waals surface area contributed by atoms with Crippen LogP contribution in [0, 0.1) is 10.1 Å². The molecule has 0 aliphatic carbocycles. The zero-order valence-electron chi connectivity index (χ0n) is 15.5. The molecule has 2 rings (SSSR count). The zero-order valence-corrected chi connectivity index (χ0v) is 15.5. The van der Waals surface area contributed by atoms with Crippen molar-refractivity contribution in [3.63, 3.8) is 0 Å². The molecule has 0 aromatic heterocycles. The predicted molar refractivity (Wildman–Crippen MR) is 94.6 cm³/mol. The van der Waals surface area contributed by atoms with Gasteiger partial charge in [0.2, 0.25) is 5.75 Å². The molecule has 0 bridgehead atoms. The Labute approximate surface area is 155 Å². The molecule has 0 saturated heterocycles. The van der Waals surface area contributed by atoms with Crippen molar-refractivity contribution in [2.75, 3.05) is 20.8 Å². The van der Waals surface area contributed by atoms with E-state index in [-0.39, 0.29) is 34.9 Å². The SMILES string of the molecule is CCCOC(=O)C1=C(C)NC(=O)NC1c1cc(OC)c(OC)c([N+](=O)[O-])c1. The predicted octanol–water partition coefficient (Wildman–Crippen LogP) is 2.19. The van der Waals surface area contributed by atoms with Crippen LogP contribution in [0.5, 0.6) is 11.5 Å². The number of carbonyl (C=O) groups excluding carboxylic acids is 2. The first-order valence-corrected chi connectivity index (χ1v) is 8.19. The molecule has 0 saturated carbocycles. The first kappa shape index (κ1) is 20.0. The first-order valence-electron chi connectivity index (χ1n) is 8.19. The van der Waals surface area contributed by atoms with E-state index in [0.29, 0.717) is 12.1 Å². The number of rotatable bonds is 7. The summed E-state index contributed by atoms with van der Waals surface area (Å²) in [5.74, 6) is -0.569. The van der Waals surface area contributed by atoms with Crippen LogP contribution in [0.3, 0.4) is 0 Å². The van der Waals surface area contributed by atoms with Gasteiger partial charge in [0, 0.05) is 11.8 Å². The van der Waals surface area contributed by atoms with Crippen LogP contribution >= 0.6 is 0 Å². The second-order valence-electron chi connectivity index (χ2n) is 5.74. The highest BCUT2D eigenvalue weighted by atomic mass is 16.6. The maximum absolute atomic E-state index is 12.5. The number of methoxy groups -OCH3 is 2. The molecule has 1 atom stereocenters. The summed E-state index contributed by atoms with van der Waals surface area (Å²) in [5, 5.41) is 16.5. The van der Waals surface area contributed by atoms with Gasteiger partial charge in [-0.2, -0.15) is 0 Å². The van der Waals surface area contributed by atoms with Crippen LogP contribution in [0.25, 0.3) is 0 Å². The molecule has 0 spiro atoms. The number of esters is 1. The number of nitrogens with zero attached hydrogens (tertiary/aromatic N) is 1. The smallest absolute Gasteiger partial charge is 0.338 e. The number of nitro benzene ring substituents is 1. The maximum atomic E-state index is 12.5. The van der Waals surface area contributed by atoms with Gasteiger partial charge in [-0.05, 0) is 25.0 Å². The van der Waals surface area contributed by atoms with Gasteiger partial charge < -0.3 is 24.8 Å². The zero-order chi connectivity index (χ0) is 20.1. The topological polar surface area (TPSA) is 129 Å². The summed E-state index contributed by atoms with van der Waals surface area (Å²) in [6.45, 7) is 3.62. The molecule has 146 valence electrons. The van der Waals surface area contributed by atoms with Gasteiger partial charge in [0.15, 0.2) is 5.75 Å². The van der Waals surface area contributed by atoms with Crippen molar-refractivity contribution in [1.29, 1.82) is 0 Å². The summed E-state index contributed by atoms with van der Waals surface area (Å²) >= 11 is 0. The van der Waals surface area contributed by atoms with Crippen LogP contribution in [-0.4, -0.2) is 37.8 Å². The van der Waals surface area contributed by atoms with Crippen molar-refractivity contribution in [2.45, 2.75) is 26.3 Å². The van der Waals surface area contributed by atoms with Gasteiger partial charge in [0.1, 0.15) is 0 Å². The lowest BCUT2D eigenvalue weighted by Crippen LogP contribution is -2.45. The third-order valence-electron chi connectivity index (χ3n) is 3.94. The Kier molecular flexibility index (Phi) is 6.22. The molecule has 2 amide bonds. The summed E-state index contributed by atoms with van der Waals surface area (Å²) in [4.78, 5) is 35.2. The van der Waals surface area contributed by atoms with Gasteiger partial charge in [-0.3, -0.25) is 10.1 Å². The average Bonchev–Trinajstić information content (AvgIpc) is 2.64. The molecule has 1 aliphatic heterocycles. The highest BCUT2D eigenvalue weighted by Gasteiger charge is 2.34. The summed E-state index contributed by atoms with van der Waals surface area (Å²) in [6, 6.07) is 1.23. The van der Waals surface area contributed by atoms with E-state index >= 15 is 0 Å². The second-order valence-corrected chi connectivity index (χ2v) is 5.74. The minimum absolute atomic E-state index is 0.0534. The van der Waals surface area contributed by atoms with Crippen LogP contribution in [0.1, 0.15) is 31.9 Å². The Morgan fingerprint density at radius 3 is 2.56 bits per heavy atom. The third-order valence-corrected chi connectivity index (χ3v) is 3.94. The van der Waals surface area contributed by atoms with Gasteiger partial charge >= 0.3 is 17.7 Å². The van der Waals surface area contributed by atoms with Gasteiger partial charge in [-0.1, -0.05) is 6.92 Å². The van der Waals surface area contributed by atoms with Crippen molar-refractivity contribution in [3.05, 3.63) is 39.1 Å². The molecule has 1 aliphatic rings. The summed E-state index contributed by atoms with van der Waals surface area (Å²) in [7, 11) is 2.62. The minimum Gasteiger partial charge on any atom is -0.493 e. The van der Waals surface area contributed by atoms with Gasteiger partial charge in [-0.25, -0.2) is 9.59 Å². The van der Waals surface area contributed by atoms with Gasteiger partial charge in [0.05, 0.1) is 37.4 Å². The van der Waals surface area contributed by atoms with Crippen molar-refractivity contribution >= 4 is 17.7 Å². The third kappa shape index (κ3) is 4.10. The Morgan fingerprint density at radius 2 is 2.00 bits per heavy atom. The van der Waals surface area contributed by atoms with Gasteiger partial charge in [-0.15, -0.1) is 0 Å². The fourth-order valence-corrected chi connectivity index (χ4v) is 2.75. The highest BCUT2D eigenvalue weighted by molar-refractivity contribution is 5.95. The number of ether oxygens (including phenoxy) is 3. The van der Waals surface area contributed by atoms with Crippen LogP contribution in [0.4, 0.5) is 10.5 Å². The molecule has 1 unspecified atom stereocenters. The lowest BCUT2D eigenvalue weighted by molar-refractivity contribution is -0.385. The number of benzene rings is 1. The van der Waals surface area contributed by atoms with E-state index in [1.807, 2.05) is 6.92 Å². The average molecular weight is 379 g/mol. The second kappa shape index (κ2) is 8.39. The van der Waals surface area contributed by atoms with Crippen LogP contribution in [0.15, 0.2) is 23.4 Å². The van der Waals surface area contributed by atoms with Crippen molar-refractivity contribution in [1.82, 2.24) is 10.6 Å². The number of amides is 2. The molecule has 1 aromatic carbocycles. The number of hydrogen-bond acceptors (Lipinski definition) is 7. The van der Waals surface area contributed by atoms with E-state index in [2.05, 4.69) is 10.6 Å². The molecule has 10 heteroatoms. The molecule has 2 N–H and O–H groups in total. The number of allylic oxidation sites excluding steroid dienone is 1. The summed E-state index contributed by atoms with van der Waals surface area (Å²) in [6.07, 6.45) is 0.629. The minimum atomic E-state index is -0.943. The van der Waals surface area contributed by atoms with Crippen LogP contribution in [-0.2, 0) is 9.53 Å². The molecule has 1 heterocycles. The van der Waals surface area contributed by atoms with E-state index in [1.165, 1.54) is 26.4 Å². The monoisotopic (exact) mass is 379 g/mol. The fraction of sp³-hybridized carbons (Fsp3) is 0.412. The quantitative estimate of drug-likeness (QED) is 0.422. The highest BCUT2D eigenvalue weighted by Crippen LogP contribution is 2.41. The van der Waals surface area contributed by atoms with E-state index in [1.54, 1.807) is 6.92 Å². The maximum Gasteiger partial charge on any atom is 0.338 e. The first-order chi connectivity index (χ1) is 12.8. The molecule has 0 fully saturated rings. The number of urea groups is 1. The molecule has 1 aromatic rings. The Balaban J connectivity index is 2.60. The van der Waals surface area contributed by atoms with Crippen LogP contribution < -0.4 is 20.1 Å². The number of hydrogen-bond donors (Lipinski definition) is 2. The molecule has 10 nitrogen and oxygen atoms in total. The number of nitro groups is 1. The van der Waals surface area contributed by atoms with Crippen molar-refractivity contribution in [3.8, 4) is 11.5 Å². The Morgan fingerprint density at radius 1 is 1.30 bits per heavy atom. The standard InChI is InChI=1S/C17H21N3O7/c1-5-6-27-16(21)13-9(2)18-17(22)19-14(13)10-7-11(20(23)24)15(26-4)12(8-10)25-3/h7-8,14H,5-6H2,1-4H3,(H2,18,19,22). The molecular formula is C17H21N3O7. The Hall–Kier alpha value is -3.30. The van der Waals surface area contributed by atoms with Crippen molar-refractivity contribution in [2.24, 2.45) is 0 Å². The Bertz CT molecular complexity index is 804. The molecule has 0 radical (unpaired) electrons. The number of carbonyl (C=O) groups is 2. The fourth-order valence-electron chi connectivity index (χ4n) is 2.75.